The van der Waals surface area contributed by atoms with Crippen LogP contribution in [0.3, 0.4) is 0 Å². The summed E-state index contributed by atoms with van der Waals surface area (Å²) in [7, 11) is 0. The van der Waals surface area contributed by atoms with Crippen LogP contribution in [0.25, 0.3) is 0 Å². The fraction of sp³-hybridized carbons (Fsp3) is 1.00. The van der Waals surface area contributed by atoms with Crippen LogP contribution in [-0.2, 0) is 0 Å². The van der Waals surface area contributed by atoms with E-state index in [4.69, 9.17) is 0 Å². The quantitative estimate of drug-likeness (QED) is 0.696. The van der Waals surface area contributed by atoms with Gasteiger partial charge in [0.1, 0.15) is 0 Å². The van der Waals surface area contributed by atoms with E-state index in [0.717, 1.165) is 11.3 Å². The number of fused-ring (bicyclic) bond motifs is 1. The van der Waals surface area contributed by atoms with Crippen LogP contribution in [0.2, 0.25) is 0 Å². The van der Waals surface area contributed by atoms with Gasteiger partial charge in [-0.15, -0.1) is 0 Å². The first-order valence-electron chi connectivity index (χ1n) is 7.08. The molecule has 88 valence electrons. The van der Waals surface area contributed by atoms with Gasteiger partial charge in [-0.25, -0.2) is 0 Å². The molecule has 1 heterocycles. The minimum atomic E-state index is 0.763. The smallest absolute Gasteiger partial charge is 0.00152 e. The van der Waals surface area contributed by atoms with Gasteiger partial charge in [0.25, 0.3) is 0 Å². The molecule has 1 aliphatic heterocycles. The summed E-state index contributed by atoms with van der Waals surface area (Å²) in [6, 6.07) is 0. The first kappa shape index (κ1) is 11.4. The van der Waals surface area contributed by atoms with E-state index in [1.54, 1.807) is 0 Å². The Morgan fingerprint density at radius 1 is 1.20 bits per heavy atom. The van der Waals surface area contributed by atoms with E-state index >= 15 is 0 Å². The first-order chi connectivity index (χ1) is 7.37. The lowest BCUT2D eigenvalue weighted by Gasteiger charge is -2.48. The fourth-order valence-electron chi connectivity index (χ4n) is 3.82. The van der Waals surface area contributed by atoms with Crippen molar-refractivity contribution in [2.24, 2.45) is 11.3 Å². The second-order valence-corrected chi connectivity index (χ2v) is 5.72. The largest absolute Gasteiger partial charge is 0.316 e. The molecule has 1 saturated heterocycles. The summed E-state index contributed by atoms with van der Waals surface area (Å²) in [6.45, 7) is 4.91. The summed E-state index contributed by atoms with van der Waals surface area (Å²) >= 11 is 0. The first-order valence-corrected chi connectivity index (χ1v) is 7.08. The molecule has 1 saturated carbocycles. The Bertz CT molecular complexity index is 176. The number of hydrogen-bond acceptors (Lipinski definition) is 1. The third-order valence-corrected chi connectivity index (χ3v) is 4.81. The van der Waals surface area contributed by atoms with Crippen LogP contribution >= 0.6 is 0 Å². The Balaban J connectivity index is 1.92. The van der Waals surface area contributed by atoms with E-state index in [2.05, 4.69) is 12.2 Å². The summed E-state index contributed by atoms with van der Waals surface area (Å²) in [4.78, 5) is 0. The molecule has 0 aromatic carbocycles. The van der Waals surface area contributed by atoms with Gasteiger partial charge in [0.15, 0.2) is 0 Å². The molecule has 0 radical (unpaired) electrons. The molecule has 0 aromatic rings. The van der Waals surface area contributed by atoms with E-state index in [1.807, 2.05) is 0 Å². The molecular weight excluding hydrogens is 182 g/mol. The van der Waals surface area contributed by atoms with Gasteiger partial charge in [-0.05, 0) is 50.1 Å². The maximum absolute atomic E-state index is 3.60. The van der Waals surface area contributed by atoms with Gasteiger partial charge in [0.2, 0.25) is 0 Å². The van der Waals surface area contributed by atoms with Gasteiger partial charge in [-0.1, -0.05) is 39.0 Å². The van der Waals surface area contributed by atoms with Crippen molar-refractivity contribution in [3.63, 3.8) is 0 Å². The molecule has 1 heteroatoms. The van der Waals surface area contributed by atoms with Gasteiger partial charge in [0.05, 0.1) is 0 Å². The van der Waals surface area contributed by atoms with Crippen LogP contribution in [-0.4, -0.2) is 13.1 Å². The Morgan fingerprint density at radius 3 is 3.00 bits per heavy atom. The van der Waals surface area contributed by atoms with E-state index < -0.39 is 0 Å². The minimum absolute atomic E-state index is 0.763. The zero-order valence-corrected chi connectivity index (χ0v) is 10.4. The van der Waals surface area contributed by atoms with Crippen LogP contribution in [0, 0.1) is 11.3 Å². The van der Waals surface area contributed by atoms with Crippen LogP contribution in [0.15, 0.2) is 0 Å². The van der Waals surface area contributed by atoms with Crippen molar-refractivity contribution >= 4 is 0 Å². The molecule has 15 heavy (non-hydrogen) atoms. The molecule has 0 bridgehead atoms. The fourth-order valence-corrected chi connectivity index (χ4v) is 3.82. The molecule has 1 nitrogen and oxygen atoms in total. The number of nitrogens with one attached hydrogen (secondary N) is 1. The molecule has 0 spiro atoms. The monoisotopic (exact) mass is 209 g/mol. The number of rotatable bonds is 4. The topological polar surface area (TPSA) is 12.0 Å². The van der Waals surface area contributed by atoms with E-state index in [0.29, 0.717) is 0 Å². The summed E-state index contributed by atoms with van der Waals surface area (Å²) in [5, 5.41) is 3.60. The molecule has 2 aliphatic rings. The van der Waals surface area contributed by atoms with Crippen molar-refractivity contribution in [1.29, 1.82) is 0 Å². The third kappa shape index (κ3) is 2.55. The SMILES string of the molecule is CCCCC[C@]12CCCC[C@@H]1CNCC2. The Kier molecular flexibility index (Phi) is 4.07. The lowest BCUT2D eigenvalue weighted by atomic mass is 9.60. The van der Waals surface area contributed by atoms with Gasteiger partial charge in [0, 0.05) is 0 Å². The molecule has 1 N–H and O–H groups in total. The Hall–Kier alpha value is -0.0400. The molecule has 0 amide bonds. The minimum Gasteiger partial charge on any atom is -0.316 e. The van der Waals surface area contributed by atoms with Crippen molar-refractivity contribution < 1.29 is 0 Å². The van der Waals surface area contributed by atoms with Gasteiger partial charge in [-0.2, -0.15) is 0 Å². The zero-order chi connectivity index (χ0) is 10.6. The van der Waals surface area contributed by atoms with Gasteiger partial charge < -0.3 is 5.32 Å². The predicted molar refractivity (Wildman–Crippen MR) is 66.0 cm³/mol. The highest BCUT2D eigenvalue weighted by Crippen LogP contribution is 2.48. The van der Waals surface area contributed by atoms with Crippen molar-refractivity contribution in [1.82, 2.24) is 5.32 Å². The highest BCUT2D eigenvalue weighted by atomic mass is 14.9. The van der Waals surface area contributed by atoms with Crippen LogP contribution in [0.1, 0.15) is 64.7 Å². The highest BCUT2D eigenvalue weighted by Gasteiger charge is 2.41. The van der Waals surface area contributed by atoms with Crippen LogP contribution in [0.5, 0.6) is 0 Å². The summed E-state index contributed by atoms with van der Waals surface area (Å²) in [5.74, 6) is 1.01. The second kappa shape index (κ2) is 5.34. The van der Waals surface area contributed by atoms with Crippen molar-refractivity contribution in [3.05, 3.63) is 0 Å². The van der Waals surface area contributed by atoms with Gasteiger partial charge >= 0.3 is 0 Å². The van der Waals surface area contributed by atoms with Crippen molar-refractivity contribution in [2.75, 3.05) is 13.1 Å². The molecular formula is C14H27N. The number of unbranched alkanes of at least 4 members (excludes halogenated alkanes) is 2. The van der Waals surface area contributed by atoms with E-state index in [-0.39, 0.29) is 0 Å². The molecule has 0 unspecified atom stereocenters. The van der Waals surface area contributed by atoms with Crippen LogP contribution < -0.4 is 5.32 Å². The molecule has 0 aromatic heterocycles. The highest BCUT2D eigenvalue weighted by molar-refractivity contribution is 4.93. The Morgan fingerprint density at radius 2 is 2.13 bits per heavy atom. The average Bonchev–Trinajstić information content (AvgIpc) is 2.29. The summed E-state index contributed by atoms with van der Waals surface area (Å²) in [6.07, 6.45) is 13.3. The van der Waals surface area contributed by atoms with E-state index in [1.165, 1.54) is 70.9 Å². The summed E-state index contributed by atoms with van der Waals surface area (Å²) < 4.78 is 0. The average molecular weight is 209 g/mol. The summed E-state index contributed by atoms with van der Waals surface area (Å²) in [5.41, 5.74) is 0.763. The lowest BCUT2D eigenvalue weighted by Crippen LogP contribution is -2.46. The molecule has 2 atom stereocenters. The van der Waals surface area contributed by atoms with E-state index in [9.17, 15) is 0 Å². The molecule has 2 rings (SSSR count). The van der Waals surface area contributed by atoms with Crippen LogP contribution in [0.4, 0.5) is 0 Å². The molecule has 1 aliphatic carbocycles. The van der Waals surface area contributed by atoms with Crippen molar-refractivity contribution in [2.45, 2.75) is 64.7 Å². The van der Waals surface area contributed by atoms with Gasteiger partial charge in [-0.3, -0.25) is 0 Å². The normalized spacial score (nSPS) is 36.2. The Labute approximate surface area is 95.0 Å². The maximum atomic E-state index is 3.60. The number of hydrogen-bond donors (Lipinski definition) is 1. The molecule has 2 fully saturated rings. The zero-order valence-electron chi connectivity index (χ0n) is 10.4. The second-order valence-electron chi connectivity index (χ2n) is 5.72. The predicted octanol–water partition coefficient (Wildman–Crippen LogP) is 3.74. The third-order valence-electron chi connectivity index (χ3n) is 4.81. The standard InChI is InChI=1S/C14H27N/c1-2-3-5-8-14-9-6-4-7-13(14)12-15-11-10-14/h13,15H,2-12H2,1H3/t13-,14-/m1/s1. The maximum Gasteiger partial charge on any atom is -0.00152 e. The van der Waals surface area contributed by atoms with Crippen molar-refractivity contribution in [3.8, 4) is 0 Å². The number of piperidine rings is 1. The lowest BCUT2D eigenvalue weighted by molar-refractivity contribution is 0.0450.